The van der Waals surface area contributed by atoms with Crippen molar-refractivity contribution in [1.82, 2.24) is 24.8 Å². The Kier molecular flexibility index (Phi) is 8.46. The Labute approximate surface area is 302 Å². The predicted molar refractivity (Wildman–Crippen MR) is 196 cm³/mol. The van der Waals surface area contributed by atoms with Crippen LogP contribution in [0.5, 0.6) is 11.8 Å². The maximum Gasteiger partial charge on any atom is 0.410 e. The number of hydrogen-bond donors (Lipinski definition) is 0. The summed E-state index contributed by atoms with van der Waals surface area (Å²) in [5, 5.41) is 1.89. The molecule has 4 aromatic rings. The maximum atomic E-state index is 17.2. The zero-order chi connectivity index (χ0) is 36.4. The van der Waals surface area contributed by atoms with E-state index in [1.165, 1.54) is 12.7 Å². The lowest BCUT2D eigenvalue weighted by Gasteiger charge is -2.47. The lowest BCUT2D eigenvalue weighted by atomic mass is 9.85. The quantitative estimate of drug-likeness (QED) is 0.118. The van der Waals surface area contributed by atoms with E-state index in [2.05, 4.69) is 22.3 Å². The molecule has 6 heterocycles. The third-order valence-electron chi connectivity index (χ3n) is 10.7. The number of pyridine rings is 1. The van der Waals surface area contributed by atoms with E-state index < -0.39 is 11.4 Å². The molecular formula is C40H43FN6O5. The predicted octanol–water partition coefficient (Wildman–Crippen LogP) is 6.32. The van der Waals surface area contributed by atoms with Gasteiger partial charge in [-0.05, 0) is 70.0 Å². The molecule has 8 rings (SSSR count). The minimum absolute atomic E-state index is 0.0140. The molecule has 4 saturated heterocycles. The van der Waals surface area contributed by atoms with Gasteiger partial charge in [-0.3, -0.25) is 14.8 Å². The van der Waals surface area contributed by atoms with E-state index in [0.29, 0.717) is 53.2 Å². The van der Waals surface area contributed by atoms with Crippen LogP contribution in [0.3, 0.4) is 0 Å². The Morgan fingerprint density at radius 1 is 1.15 bits per heavy atom. The summed E-state index contributed by atoms with van der Waals surface area (Å²) in [7, 11) is 1.54. The highest BCUT2D eigenvalue weighted by Gasteiger charge is 2.50. The number of fused-ring (bicyclic) bond motifs is 5. The topological polar surface area (TPSA) is 102 Å². The van der Waals surface area contributed by atoms with E-state index >= 15 is 4.39 Å². The summed E-state index contributed by atoms with van der Waals surface area (Å²) in [5.41, 5.74) is 1.65. The Hall–Kier alpha value is -4.99. The highest BCUT2D eigenvalue weighted by atomic mass is 19.1. The van der Waals surface area contributed by atoms with Gasteiger partial charge in [-0.25, -0.2) is 9.18 Å². The van der Waals surface area contributed by atoms with Crippen molar-refractivity contribution in [3.63, 3.8) is 0 Å². The molecule has 11 nitrogen and oxygen atoms in total. The molecule has 3 atom stereocenters. The standard InChI is InChI=1S/C40H43FN6O5/c1-7-25-9-8-10-26-15-29(51-23-49-6)16-30(32(25)26)34-33(41)35-31(18-42-34)36(44-37(43-35)50-22-40-13-14-46(40)19-24(2)17-40)45-20-27-11-12-28(21-45)47(27)38(48)52-39(3,4)5/h1,8-10,15-16,18,27-28H,2,11-14,17,19-23H2,3-6H3. The Balaban J connectivity index is 1.23. The normalized spacial score (nSPS) is 22.7. The number of benzene rings is 2. The van der Waals surface area contributed by atoms with Crippen LogP contribution in [0.15, 0.2) is 48.7 Å². The van der Waals surface area contributed by atoms with Gasteiger partial charge in [0, 0.05) is 56.0 Å². The van der Waals surface area contributed by atoms with Crippen LogP contribution in [-0.2, 0) is 9.47 Å². The van der Waals surface area contributed by atoms with Crippen LogP contribution in [0.1, 0.15) is 52.0 Å². The molecule has 0 saturated carbocycles. The average molecular weight is 707 g/mol. The van der Waals surface area contributed by atoms with Gasteiger partial charge in [0.2, 0.25) is 0 Å². The lowest BCUT2D eigenvalue weighted by Crippen LogP contribution is -2.59. The van der Waals surface area contributed by atoms with Gasteiger partial charge in [0.25, 0.3) is 0 Å². The summed E-state index contributed by atoms with van der Waals surface area (Å²) < 4.78 is 40.3. The number of piperazine rings is 1. The van der Waals surface area contributed by atoms with Crippen molar-refractivity contribution in [2.24, 2.45) is 0 Å². The Morgan fingerprint density at radius 3 is 2.62 bits per heavy atom. The van der Waals surface area contributed by atoms with E-state index in [9.17, 15) is 4.79 Å². The molecule has 2 aromatic carbocycles. The fourth-order valence-electron chi connectivity index (χ4n) is 8.36. The highest BCUT2D eigenvalue weighted by Crippen LogP contribution is 2.44. The van der Waals surface area contributed by atoms with Gasteiger partial charge in [0.15, 0.2) is 12.6 Å². The number of carbonyl (C=O) groups is 1. The fourth-order valence-corrected chi connectivity index (χ4v) is 8.36. The minimum Gasteiger partial charge on any atom is -0.468 e. The van der Waals surface area contributed by atoms with E-state index in [0.717, 1.165) is 44.2 Å². The van der Waals surface area contributed by atoms with Crippen molar-refractivity contribution in [2.45, 2.75) is 69.7 Å². The van der Waals surface area contributed by atoms with Crippen molar-refractivity contribution in [3.05, 3.63) is 60.1 Å². The number of halogens is 1. The molecule has 0 spiro atoms. The number of ether oxygens (including phenoxy) is 4. The number of rotatable bonds is 8. The van der Waals surface area contributed by atoms with Crippen molar-refractivity contribution < 1.29 is 28.1 Å². The lowest BCUT2D eigenvalue weighted by molar-refractivity contribution is -0.0132. The number of aromatic nitrogens is 3. The van der Waals surface area contributed by atoms with E-state index in [4.69, 9.17) is 40.3 Å². The molecule has 52 heavy (non-hydrogen) atoms. The van der Waals surface area contributed by atoms with Crippen LogP contribution in [0.2, 0.25) is 0 Å². The third kappa shape index (κ3) is 5.95. The molecule has 4 aliphatic rings. The summed E-state index contributed by atoms with van der Waals surface area (Å²) >= 11 is 0. The summed E-state index contributed by atoms with van der Waals surface area (Å²) in [5.74, 6) is 3.11. The number of nitrogens with zero attached hydrogens (tertiary/aromatic N) is 6. The zero-order valence-electron chi connectivity index (χ0n) is 30.1. The van der Waals surface area contributed by atoms with E-state index in [1.54, 1.807) is 12.3 Å². The van der Waals surface area contributed by atoms with Crippen LogP contribution in [0.25, 0.3) is 32.9 Å². The number of terminal acetylenes is 1. The van der Waals surface area contributed by atoms with Gasteiger partial charge in [0.05, 0.1) is 23.0 Å². The molecule has 0 radical (unpaired) electrons. The van der Waals surface area contributed by atoms with Crippen molar-refractivity contribution >= 4 is 33.6 Å². The largest absolute Gasteiger partial charge is 0.468 e. The molecule has 0 N–H and O–H groups in total. The van der Waals surface area contributed by atoms with Crippen LogP contribution < -0.4 is 14.4 Å². The molecule has 2 bridgehead atoms. The van der Waals surface area contributed by atoms with Crippen LogP contribution in [-0.4, -0.2) is 101 Å². The van der Waals surface area contributed by atoms with E-state index in [1.807, 2.05) is 49.9 Å². The minimum atomic E-state index is -0.629. The van der Waals surface area contributed by atoms with Crippen LogP contribution >= 0.6 is 0 Å². The molecule has 4 fully saturated rings. The number of carbonyl (C=O) groups excluding carboxylic acids is 1. The number of hydrogen-bond acceptors (Lipinski definition) is 10. The molecule has 4 aliphatic heterocycles. The second-order valence-electron chi connectivity index (χ2n) is 15.4. The third-order valence-corrected chi connectivity index (χ3v) is 10.7. The molecule has 270 valence electrons. The summed E-state index contributed by atoms with van der Waals surface area (Å²) in [6, 6.07) is 9.05. The number of methoxy groups -OCH3 is 1. The second-order valence-corrected chi connectivity index (χ2v) is 15.4. The first-order valence-corrected chi connectivity index (χ1v) is 17.8. The first-order valence-electron chi connectivity index (χ1n) is 17.8. The smallest absolute Gasteiger partial charge is 0.410 e. The van der Waals surface area contributed by atoms with Crippen molar-refractivity contribution in [2.75, 3.05) is 51.6 Å². The molecule has 3 unspecified atom stereocenters. The Bertz CT molecular complexity index is 2130. The number of amides is 1. The van der Waals surface area contributed by atoms with Gasteiger partial charge < -0.3 is 23.8 Å². The Morgan fingerprint density at radius 2 is 1.94 bits per heavy atom. The molecule has 1 amide bonds. The average Bonchev–Trinajstić information content (AvgIpc) is 3.51. The van der Waals surface area contributed by atoms with E-state index in [-0.39, 0.29) is 47.7 Å². The molecular weight excluding hydrogens is 663 g/mol. The molecule has 0 aliphatic carbocycles. The van der Waals surface area contributed by atoms with Gasteiger partial charge >= 0.3 is 12.1 Å². The summed E-state index contributed by atoms with van der Waals surface area (Å²) in [4.78, 5) is 34.0. The fraction of sp³-hybridized carbons (Fsp3) is 0.450. The van der Waals surface area contributed by atoms with Gasteiger partial charge in [-0.2, -0.15) is 9.97 Å². The molecule has 12 heteroatoms. The van der Waals surface area contributed by atoms with Crippen LogP contribution in [0.4, 0.5) is 15.0 Å². The molecule has 2 aromatic heterocycles. The second kappa shape index (κ2) is 12.9. The van der Waals surface area contributed by atoms with Gasteiger partial charge in [-0.15, -0.1) is 6.42 Å². The summed E-state index contributed by atoms with van der Waals surface area (Å²) in [6.45, 7) is 13.0. The van der Waals surface area contributed by atoms with Crippen molar-refractivity contribution in [3.8, 4) is 35.4 Å². The maximum absolute atomic E-state index is 17.2. The van der Waals surface area contributed by atoms with Gasteiger partial charge in [-0.1, -0.05) is 30.2 Å². The first kappa shape index (κ1) is 34.1. The zero-order valence-corrected chi connectivity index (χ0v) is 30.1. The summed E-state index contributed by atoms with van der Waals surface area (Å²) in [6.07, 6.45) is 10.7. The van der Waals surface area contributed by atoms with Crippen molar-refractivity contribution in [1.29, 1.82) is 0 Å². The highest BCUT2D eigenvalue weighted by molar-refractivity contribution is 6.03. The first-order chi connectivity index (χ1) is 25.0. The SMILES string of the molecule is C#Cc1cccc2cc(OCOC)cc(-c3ncc4c(N5CC6CCC(C5)N6C(=O)OC(C)(C)C)nc(OCC56CCN5CC(=C)C6)nc4c3F)c12. The number of anilines is 1. The van der Waals surface area contributed by atoms with Gasteiger partial charge in [0.1, 0.15) is 35.0 Å². The van der Waals surface area contributed by atoms with Crippen LogP contribution in [0, 0.1) is 18.2 Å². The monoisotopic (exact) mass is 706 g/mol.